The van der Waals surface area contributed by atoms with Crippen LogP contribution >= 0.6 is 0 Å². The third-order valence-corrected chi connectivity index (χ3v) is 6.07. The Hall–Kier alpha value is -4.13. The lowest BCUT2D eigenvalue weighted by molar-refractivity contribution is 0.0834. The van der Waals surface area contributed by atoms with E-state index in [1.54, 1.807) is 64.7 Å². The SMILES string of the molecule is COc1ccc(C(=O)N2CCc3cc(OC)c(OC)cc3/C2=C/c2ccc(OC)c(OC)c2)cc1. The Labute approximate surface area is 205 Å². The Balaban J connectivity index is 1.85. The number of hydrogen-bond donors (Lipinski definition) is 0. The molecule has 182 valence electrons. The van der Waals surface area contributed by atoms with E-state index in [9.17, 15) is 4.79 Å². The molecule has 0 aliphatic carbocycles. The van der Waals surface area contributed by atoms with E-state index in [4.69, 9.17) is 23.7 Å². The van der Waals surface area contributed by atoms with Gasteiger partial charge in [-0.1, -0.05) is 6.07 Å². The van der Waals surface area contributed by atoms with Crippen molar-refractivity contribution in [3.8, 4) is 28.7 Å². The van der Waals surface area contributed by atoms with Crippen LogP contribution in [0.25, 0.3) is 11.8 Å². The highest BCUT2D eigenvalue weighted by Crippen LogP contribution is 2.39. The van der Waals surface area contributed by atoms with Gasteiger partial charge in [0.2, 0.25) is 0 Å². The van der Waals surface area contributed by atoms with E-state index in [0.29, 0.717) is 47.3 Å². The Morgan fingerprint density at radius 1 is 0.743 bits per heavy atom. The maximum Gasteiger partial charge on any atom is 0.258 e. The van der Waals surface area contributed by atoms with Crippen LogP contribution in [-0.2, 0) is 6.42 Å². The zero-order valence-corrected chi connectivity index (χ0v) is 20.6. The number of hydrogen-bond acceptors (Lipinski definition) is 6. The van der Waals surface area contributed by atoms with Crippen molar-refractivity contribution in [2.24, 2.45) is 0 Å². The van der Waals surface area contributed by atoms with Gasteiger partial charge in [0.05, 0.1) is 41.2 Å². The molecule has 1 aliphatic rings. The summed E-state index contributed by atoms with van der Waals surface area (Å²) in [6.45, 7) is 0.520. The third kappa shape index (κ3) is 4.75. The van der Waals surface area contributed by atoms with Crippen LogP contribution in [0.2, 0.25) is 0 Å². The molecule has 0 atom stereocenters. The Morgan fingerprint density at radius 3 is 2.00 bits per heavy atom. The standard InChI is InChI=1S/C28H29NO6/c1-31-21-9-7-19(8-10-21)28(30)29-13-12-20-16-26(34-4)27(35-5)17-22(20)23(29)14-18-6-11-24(32-2)25(15-18)33-3/h6-11,14-17H,12-13H2,1-5H3/b23-14-. The molecule has 3 aromatic rings. The van der Waals surface area contributed by atoms with Crippen molar-refractivity contribution >= 4 is 17.7 Å². The molecule has 4 rings (SSSR count). The van der Waals surface area contributed by atoms with E-state index < -0.39 is 0 Å². The van der Waals surface area contributed by atoms with E-state index >= 15 is 0 Å². The number of nitrogens with zero attached hydrogens (tertiary/aromatic N) is 1. The molecule has 7 nitrogen and oxygen atoms in total. The molecule has 1 aliphatic heterocycles. The average molecular weight is 476 g/mol. The average Bonchev–Trinajstić information content (AvgIpc) is 2.91. The number of methoxy groups -OCH3 is 5. The van der Waals surface area contributed by atoms with Crippen LogP contribution in [0, 0.1) is 0 Å². The van der Waals surface area contributed by atoms with Crippen molar-refractivity contribution < 1.29 is 28.5 Å². The van der Waals surface area contributed by atoms with E-state index in [1.165, 1.54) is 0 Å². The van der Waals surface area contributed by atoms with E-state index in [0.717, 1.165) is 22.4 Å². The molecule has 0 radical (unpaired) electrons. The second kappa shape index (κ2) is 10.4. The topological polar surface area (TPSA) is 66.5 Å². The van der Waals surface area contributed by atoms with Gasteiger partial charge in [-0.05, 0) is 72.2 Å². The summed E-state index contributed by atoms with van der Waals surface area (Å²) in [4.78, 5) is 15.5. The molecule has 35 heavy (non-hydrogen) atoms. The fourth-order valence-corrected chi connectivity index (χ4v) is 4.22. The van der Waals surface area contributed by atoms with Gasteiger partial charge in [-0.2, -0.15) is 0 Å². The number of benzene rings is 3. The Morgan fingerprint density at radius 2 is 1.37 bits per heavy atom. The minimum atomic E-state index is -0.0974. The lowest BCUT2D eigenvalue weighted by Gasteiger charge is -2.32. The van der Waals surface area contributed by atoms with Crippen LogP contribution in [-0.4, -0.2) is 52.9 Å². The Bertz CT molecular complexity index is 1250. The first-order valence-corrected chi connectivity index (χ1v) is 11.2. The maximum atomic E-state index is 13.7. The number of carbonyl (C=O) groups excluding carboxylic acids is 1. The molecule has 0 bridgehead atoms. The van der Waals surface area contributed by atoms with Gasteiger partial charge in [-0.3, -0.25) is 4.79 Å². The van der Waals surface area contributed by atoms with Gasteiger partial charge in [0.25, 0.3) is 5.91 Å². The van der Waals surface area contributed by atoms with Gasteiger partial charge >= 0.3 is 0 Å². The summed E-state index contributed by atoms with van der Waals surface area (Å²) in [5.74, 6) is 3.10. The summed E-state index contributed by atoms with van der Waals surface area (Å²) in [7, 11) is 8.02. The van der Waals surface area contributed by atoms with Gasteiger partial charge < -0.3 is 28.6 Å². The van der Waals surface area contributed by atoms with E-state index in [1.807, 2.05) is 36.4 Å². The van der Waals surface area contributed by atoms with Crippen LogP contribution in [0.1, 0.15) is 27.0 Å². The molecule has 0 N–H and O–H groups in total. The highest BCUT2D eigenvalue weighted by Gasteiger charge is 2.28. The summed E-state index contributed by atoms with van der Waals surface area (Å²) >= 11 is 0. The lowest BCUT2D eigenvalue weighted by atomic mass is 9.93. The summed E-state index contributed by atoms with van der Waals surface area (Å²) in [5.41, 5.74) is 4.19. The quantitative estimate of drug-likeness (QED) is 0.483. The van der Waals surface area contributed by atoms with Crippen LogP contribution in [0.15, 0.2) is 54.6 Å². The van der Waals surface area contributed by atoms with Gasteiger partial charge in [-0.25, -0.2) is 0 Å². The van der Waals surface area contributed by atoms with E-state index in [2.05, 4.69) is 0 Å². The van der Waals surface area contributed by atoms with Crippen molar-refractivity contribution in [3.63, 3.8) is 0 Å². The van der Waals surface area contributed by atoms with Crippen LogP contribution < -0.4 is 23.7 Å². The third-order valence-electron chi connectivity index (χ3n) is 6.07. The van der Waals surface area contributed by atoms with Crippen LogP contribution in [0.5, 0.6) is 28.7 Å². The monoisotopic (exact) mass is 475 g/mol. The second-order valence-corrected chi connectivity index (χ2v) is 7.94. The number of fused-ring (bicyclic) bond motifs is 1. The summed E-state index contributed by atoms with van der Waals surface area (Å²) in [6, 6.07) is 16.7. The molecule has 7 heteroatoms. The maximum absolute atomic E-state index is 13.7. The van der Waals surface area contributed by atoms with Gasteiger partial charge in [0.1, 0.15) is 5.75 Å². The first kappa shape index (κ1) is 24.0. The number of amides is 1. The number of ether oxygens (including phenoxy) is 5. The molecular formula is C28H29NO6. The molecule has 0 fully saturated rings. The zero-order valence-electron chi connectivity index (χ0n) is 20.6. The number of rotatable bonds is 7. The predicted octanol–water partition coefficient (Wildman–Crippen LogP) is 4.93. The highest BCUT2D eigenvalue weighted by molar-refractivity contribution is 6.03. The molecule has 1 amide bonds. The van der Waals surface area contributed by atoms with Gasteiger partial charge in [-0.15, -0.1) is 0 Å². The predicted molar refractivity (Wildman–Crippen MR) is 135 cm³/mol. The lowest BCUT2D eigenvalue weighted by Crippen LogP contribution is -2.35. The molecule has 0 spiro atoms. The minimum absolute atomic E-state index is 0.0974. The molecule has 0 saturated heterocycles. The molecule has 3 aromatic carbocycles. The van der Waals surface area contributed by atoms with Crippen LogP contribution in [0.4, 0.5) is 0 Å². The van der Waals surface area contributed by atoms with Crippen molar-refractivity contribution in [2.45, 2.75) is 6.42 Å². The van der Waals surface area contributed by atoms with Crippen molar-refractivity contribution in [1.82, 2.24) is 4.90 Å². The van der Waals surface area contributed by atoms with Gasteiger partial charge in [0.15, 0.2) is 23.0 Å². The summed E-state index contributed by atoms with van der Waals surface area (Å²) in [6.07, 6.45) is 2.66. The first-order chi connectivity index (χ1) is 17.0. The zero-order chi connectivity index (χ0) is 24.9. The fourth-order valence-electron chi connectivity index (χ4n) is 4.22. The summed E-state index contributed by atoms with van der Waals surface area (Å²) < 4.78 is 27.2. The van der Waals surface area contributed by atoms with E-state index in [-0.39, 0.29) is 5.91 Å². The fraction of sp³-hybridized carbons (Fsp3) is 0.250. The molecule has 0 aromatic heterocycles. The smallest absolute Gasteiger partial charge is 0.258 e. The highest BCUT2D eigenvalue weighted by atomic mass is 16.5. The Kier molecular flexibility index (Phi) is 7.15. The molecule has 0 saturated carbocycles. The first-order valence-electron chi connectivity index (χ1n) is 11.2. The number of carbonyl (C=O) groups is 1. The summed E-state index contributed by atoms with van der Waals surface area (Å²) in [5, 5.41) is 0. The second-order valence-electron chi connectivity index (χ2n) is 7.94. The molecule has 1 heterocycles. The van der Waals surface area contributed by atoms with Crippen molar-refractivity contribution in [3.05, 3.63) is 76.9 Å². The normalized spacial score (nSPS) is 13.7. The molecular weight excluding hydrogens is 446 g/mol. The molecule has 0 unspecified atom stereocenters. The minimum Gasteiger partial charge on any atom is -0.497 e. The van der Waals surface area contributed by atoms with Crippen LogP contribution in [0.3, 0.4) is 0 Å². The largest absolute Gasteiger partial charge is 0.497 e. The van der Waals surface area contributed by atoms with Crippen molar-refractivity contribution in [1.29, 1.82) is 0 Å². The van der Waals surface area contributed by atoms with Gasteiger partial charge in [0, 0.05) is 17.7 Å². The van der Waals surface area contributed by atoms with Crippen molar-refractivity contribution in [2.75, 3.05) is 42.1 Å².